The summed E-state index contributed by atoms with van der Waals surface area (Å²) in [6.45, 7) is 4.74. The van der Waals surface area contributed by atoms with E-state index in [1.807, 2.05) is 32.0 Å². The van der Waals surface area contributed by atoms with E-state index >= 15 is 0 Å². The molecule has 3 rings (SSSR count). The molecule has 0 spiro atoms. The Morgan fingerprint density at radius 3 is 2.56 bits per heavy atom. The van der Waals surface area contributed by atoms with E-state index in [0.717, 1.165) is 5.56 Å². The van der Waals surface area contributed by atoms with Gasteiger partial charge in [-0.15, -0.1) is 0 Å². The number of rotatable bonds is 8. The first-order chi connectivity index (χ1) is 15.2. The quantitative estimate of drug-likeness (QED) is 0.620. The average molecular weight is 481 g/mol. The largest absolute Gasteiger partial charge is 0.493 e. The predicted octanol–water partition coefficient (Wildman–Crippen LogP) is 3.85. The lowest BCUT2D eigenvalue weighted by Gasteiger charge is -2.31. The topological polar surface area (TPSA) is 84.9 Å². The Morgan fingerprint density at radius 2 is 1.91 bits per heavy atom. The third-order valence-corrected chi connectivity index (χ3v) is 7.40. The van der Waals surface area contributed by atoms with E-state index in [-0.39, 0.29) is 23.5 Å². The van der Waals surface area contributed by atoms with Crippen LogP contribution in [0, 0.1) is 5.92 Å². The lowest BCUT2D eigenvalue weighted by molar-refractivity contribution is -0.126. The van der Waals surface area contributed by atoms with Crippen LogP contribution in [0.5, 0.6) is 11.5 Å². The average Bonchev–Trinajstić information content (AvgIpc) is 2.78. The van der Waals surface area contributed by atoms with Crippen LogP contribution in [0.15, 0.2) is 47.4 Å². The Morgan fingerprint density at radius 1 is 1.19 bits per heavy atom. The fourth-order valence-electron chi connectivity index (χ4n) is 3.64. The van der Waals surface area contributed by atoms with Crippen molar-refractivity contribution in [3.8, 4) is 11.5 Å². The number of hydrogen-bond acceptors (Lipinski definition) is 5. The zero-order valence-corrected chi connectivity index (χ0v) is 20.1. The summed E-state index contributed by atoms with van der Waals surface area (Å²) in [5, 5.41) is 3.40. The highest BCUT2D eigenvalue weighted by Gasteiger charge is 2.33. The van der Waals surface area contributed by atoms with Crippen molar-refractivity contribution in [2.75, 3.05) is 20.2 Å². The Balaban J connectivity index is 1.62. The number of ether oxygens (including phenoxy) is 2. The summed E-state index contributed by atoms with van der Waals surface area (Å²) >= 11 is 5.87. The number of carbonyl (C=O) groups excluding carboxylic acids is 1. The lowest BCUT2D eigenvalue weighted by atomic mass is 9.98. The Kier molecular flexibility index (Phi) is 8.03. The molecular formula is C23H29ClN2O5S. The molecule has 0 saturated carbocycles. The molecule has 2 aromatic carbocycles. The normalized spacial score (nSPS) is 17.2. The van der Waals surface area contributed by atoms with Crippen LogP contribution < -0.4 is 14.8 Å². The smallest absolute Gasteiger partial charge is 0.243 e. The summed E-state index contributed by atoms with van der Waals surface area (Å²) in [5.74, 6) is 0.676. The molecule has 174 valence electrons. The summed E-state index contributed by atoms with van der Waals surface area (Å²) < 4.78 is 38.4. The third-order valence-electron chi connectivity index (χ3n) is 5.26. The summed E-state index contributed by atoms with van der Waals surface area (Å²) in [6, 6.07) is 11.6. The number of halogens is 1. The van der Waals surface area contributed by atoms with E-state index in [0.29, 0.717) is 42.5 Å². The molecule has 1 amide bonds. The number of carbonyl (C=O) groups is 1. The second kappa shape index (κ2) is 10.6. The minimum Gasteiger partial charge on any atom is -0.493 e. The first-order valence-electron chi connectivity index (χ1n) is 10.6. The summed E-state index contributed by atoms with van der Waals surface area (Å²) in [6.07, 6.45) is 1.29. The van der Waals surface area contributed by atoms with Crippen molar-refractivity contribution in [2.45, 2.75) is 44.2 Å². The highest BCUT2D eigenvalue weighted by Crippen LogP contribution is 2.29. The molecule has 9 heteroatoms. The summed E-state index contributed by atoms with van der Waals surface area (Å²) in [7, 11) is -2.10. The fourth-order valence-corrected chi connectivity index (χ4v) is 5.29. The van der Waals surface area contributed by atoms with Crippen LogP contribution in [0.3, 0.4) is 0 Å². The molecular weight excluding hydrogens is 452 g/mol. The van der Waals surface area contributed by atoms with Crippen LogP contribution in [-0.2, 0) is 21.4 Å². The first kappa shape index (κ1) is 24.4. The molecule has 1 N–H and O–H groups in total. The number of amides is 1. The van der Waals surface area contributed by atoms with Gasteiger partial charge in [0, 0.05) is 24.7 Å². The van der Waals surface area contributed by atoms with Crippen molar-refractivity contribution >= 4 is 27.5 Å². The van der Waals surface area contributed by atoms with Gasteiger partial charge >= 0.3 is 0 Å². The maximum absolute atomic E-state index is 13.0. The van der Waals surface area contributed by atoms with E-state index in [4.69, 9.17) is 21.1 Å². The molecule has 1 atom stereocenters. The number of sulfonamides is 1. The van der Waals surface area contributed by atoms with Gasteiger partial charge in [-0.2, -0.15) is 4.31 Å². The Labute approximate surface area is 194 Å². The van der Waals surface area contributed by atoms with Crippen LogP contribution in [-0.4, -0.2) is 44.9 Å². The molecule has 32 heavy (non-hydrogen) atoms. The highest BCUT2D eigenvalue weighted by atomic mass is 35.5. The summed E-state index contributed by atoms with van der Waals surface area (Å²) in [5.41, 5.74) is 0.868. The molecule has 1 aliphatic heterocycles. The van der Waals surface area contributed by atoms with E-state index < -0.39 is 15.9 Å². The fraction of sp³-hybridized carbons (Fsp3) is 0.435. The monoisotopic (exact) mass is 480 g/mol. The van der Waals surface area contributed by atoms with Crippen molar-refractivity contribution in [1.29, 1.82) is 0 Å². The van der Waals surface area contributed by atoms with Gasteiger partial charge in [0.1, 0.15) is 0 Å². The minimum absolute atomic E-state index is 0.0212. The van der Waals surface area contributed by atoms with Gasteiger partial charge in [0.2, 0.25) is 15.9 Å². The van der Waals surface area contributed by atoms with Crippen molar-refractivity contribution in [2.24, 2.45) is 5.92 Å². The molecule has 1 heterocycles. The molecule has 1 saturated heterocycles. The third kappa shape index (κ3) is 5.94. The maximum atomic E-state index is 13.0. The van der Waals surface area contributed by atoms with Gasteiger partial charge in [0.05, 0.1) is 24.0 Å². The van der Waals surface area contributed by atoms with Gasteiger partial charge in [-0.3, -0.25) is 4.79 Å². The van der Waals surface area contributed by atoms with Gasteiger partial charge in [0.15, 0.2) is 11.5 Å². The highest BCUT2D eigenvalue weighted by molar-refractivity contribution is 7.89. The number of hydrogen-bond donors (Lipinski definition) is 1. The standard InChI is InChI=1S/C23H29ClN2O5S/c1-16(2)31-21-11-6-17(13-22(21)30-3)14-25-23(27)18-5-4-12-26(15-18)32(28,29)20-9-7-19(24)8-10-20/h6-11,13,16,18H,4-5,12,14-15H2,1-3H3,(H,25,27)/t18-/m1/s1. The number of nitrogens with zero attached hydrogens (tertiary/aromatic N) is 1. The van der Waals surface area contributed by atoms with Crippen molar-refractivity contribution in [3.63, 3.8) is 0 Å². The SMILES string of the molecule is COc1cc(CNC(=O)[C@@H]2CCCN(S(=O)(=O)c3ccc(Cl)cc3)C2)ccc1OC(C)C. The number of benzene rings is 2. The van der Waals surface area contributed by atoms with E-state index in [1.165, 1.54) is 16.4 Å². The van der Waals surface area contributed by atoms with Crippen LogP contribution in [0.2, 0.25) is 5.02 Å². The summed E-state index contributed by atoms with van der Waals surface area (Å²) in [4.78, 5) is 13.0. The Hall–Kier alpha value is -2.29. The van der Waals surface area contributed by atoms with Crippen LogP contribution in [0.25, 0.3) is 0 Å². The lowest BCUT2D eigenvalue weighted by Crippen LogP contribution is -2.45. The van der Waals surface area contributed by atoms with Crippen LogP contribution >= 0.6 is 11.6 Å². The van der Waals surface area contributed by atoms with E-state index in [2.05, 4.69) is 5.32 Å². The molecule has 0 aliphatic carbocycles. The van der Waals surface area contributed by atoms with Gasteiger partial charge in [-0.25, -0.2) is 8.42 Å². The zero-order chi connectivity index (χ0) is 23.3. The van der Waals surface area contributed by atoms with Gasteiger partial charge in [-0.05, 0) is 68.7 Å². The second-order valence-corrected chi connectivity index (χ2v) is 10.4. The first-order valence-corrected chi connectivity index (χ1v) is 12.4. The molecule has 1 fully saturated rings. The van der Waals surface area contributed by atoms with Gasteiger partial charge in [0.25, 0.3) is 0 Å². The molecule has 0 radical (unpaired) electrons. The molecule has 0 bridgehead atoms. The van der Waals surface area contributed by atoms with E-state index in [9.17, 15) is 13.2 Å². The molecule has 0 unspecified atom stereocenters. The number of nitrogens with one attached hydrogen (secondary N) is 1. The predicted molar refractivity (Wildman–Crippen MR) is 124 cm³/mol. The number of piperidine rings is 1. The van der Waals surface area contributed by atoms with Crippen LogP contribution in [0.4, 0.5) is 0 Å². The Bertz CT molecular complexity index is 1040. The minimum atomic E-state index is -3.67. The maximum Gasteiger partial charge on any atom is 0.243 e. The molecule has 1 aliphatic rings. The number of methoxy groups -OCH3 is 1. The molecule has 7 nitrogen and oxygen atoms in total. The van der Waals surface area contributed by atoms with Gasteiger partial charge in [-0.1, -0.05) is 17.7 Å². The van der Waals surface area contributed by atoms with Crippen molar-refractivity contribution < 1.29 is 22.7 Å². The zero-order valence-electron chi connectivity index (χ0n) is 18.5. The molecule has 0 aromatic heterocycles. The van der Waals surface area contributed by atoms with Crippen molar-refractivity contribution in [1.82, 2.24) is 9.62 Å². The molecule has 2 aromatic rings. The van der Waals surface area contributed by atoms with E-state index in [1.54, 1.807) is 19.2 Å². The van der Waals surface area contributed by atoms with Crippen molar-refractivity contribution in [3.05, 3.63) is 53.1 Å². The van der Waals surface area contributed by atoms with Crippen LogP contribution in [0.1, 0.15) is 32.3 Å². The van der Waals surface area contributed by atoms with Gasteiger partial charge < -0.3 is 14.8 Å². The second-order valence-electron chi connectivity index (χ2n) is 8.03.